The Bertz CT molecular complexity index is 1520. The van der Waals surface area contributed by atoms with Crippen LogP contribution in [0.2, 0.25) is 0 Å². The molecule has 0 aliphatic carbocycles. The zero-order valence-electron chi connectivity index (χ0n) is 22.4. The van der Waals surface area contributed by atoms with E-state index in [1.54, 1.807) is 23.6 Å². The zero-order valence-corrected chi connectivity index (χ0v) is 24.9. The minimum absolute atomic E-state index is 0.0448. The van der Waals surface area contributed by atoms with E-state index in [9.17, 15) is 14.4 Å². The van der Waals surface area contributed by atoms with Gasteiger partial charge in [0.15, 0.2) is 0 Å². The van der Waals surface area contributed by atoms with Gasteiger partial charge in [-0.2, -0.15) is 0 Å². The predicted octanol–water partition coefficient (Wildman–Crippen LogP) is 2.53. The van der Waals surface area contributed by atoms with E-state index in [0.29, 0.717) is 44.5 Å². The van der Waals surface area contributed by atoms with Crippen molar-refractivity contribution in [2.75, 3.05) is 32.1 Å². The second kappa shape index (κ2) is 11.1. The van der Waals surface area contributed by atoms with Gasteiger partial charge >= 0.3 is 0 Å². The minimum Gasteiger partial charge on any atom is -0.497 e. The molecule has 202 valence electrons. The van der Waals surface area contributed by atoms with Crippen LogP contribution in [0.5, 0.6) is 5.75 Å². The van der Waals surface area contributed by atoms with Gasteiger partial charge in [0.2, 0.25) is 5.91 Å². The van der Waals surface area contributed by atoms with Crippen molar-refractivity contribution in [3.8, 4) is 5.75 Å². The van der Waals surface area contributed by atoms with Gasteiger partial charge < -0.3 is 15.0 Å². The third-order valence-electron chi connectivity index (χ3n) is 6.92. The molecule has 0 radical (unpaired) electrons. The number of allylic oxidation sites excluding steroid dienone is 2. The average molecular weight is 573 g/mol. The van der Waals surface area contributed by atoms with Crippen LogP contribution in [-0.4, -0.2) is 52.8 Å². The Balaban J connectivity index is 1.87. The van der Waals surface area contributed by atoms with Gasteiger partial charge in [-0.25, -0.2) is 0 Å². The fourth-order valence-electron chi connectivity index (χ4n) is 4.80. The molecule has 1 fully saturated rings. The van der Waals surface area contributed by atoms with Crippen molar-refractivity contribution in [3.05, 3.63) is 55.1 Å². The largest absolute Gasteiger partial charge is 0.497 e. The van der Waals surface area contributed by atoms with Crippen LogP contribution >= 0.6 is 35.3 Å². The zero-order chi connectivity index (χ0) is 27.8. The Morgan fingerprint density at radius 3 is 2.50 bits per heavy atom. The number of fused-ring (bicyclic) bond motifs is 1. The van der Waals surface area contributed by atoms with Gasteiger partial charge in [-0.3, -0.25) is 23.9 Å². The minimum atomic E-state index is -0.396. The molecule has 0 spiro atoms. The van der Waals surface area contributed by atoms with Crippen molar-refractivity contribution in [1.82, 2.24) is 14.8 Å². The molecular formula is C27H32N4O4S3. The first kappa shape index (κ1) is 28.1. The molecule has 2 aromatic rings. The summed E-state index contributed by atoms with van der Waals surface area (Å²) >= 11 is 7.94. The normalized spacial score (nSPS) is 19.5. The molecule has 2 amide bonds. The number of hydrogen-bond donors (Lipinski definition) is 1. The Hall–Kier alpha value is -2.89. The van der Waals surface area contributed by atoms with Crippen molar-refractivity contribution < 1.29 is 14.3 Å². The highest BCUT2D eigenvalue weighted by Gasteiger charge is 2.40. The number of methoxy groups -OCH3 is 1. The summed E-state index contributed by atoms with van der Waals surface area (Å²) in [6.07, 6.45) is 4.12. The molecule has 38 heavy (non-hydrogen) atoms. The van der Waals surface area contributed by atoms with Crippen molar-refractivity contribution in [1.29, 1.82) is 0 Å². The number of ether oxygens (including phenoxy) is 1. The lowest BCUT2D eigenvalue weighted by Crippen LogP contribution is -2.33. The summed E-state index contributed by atoms with van der Waals surface area (Å²) in [4.78, 5) is 42.6. The summed E-state index contributed by atoms with van der Waals surface area (Å²) in [5.41, 5.74) is 2.53. The SMILES string of the molecule is CCN1C(=O)C(=c2sc(=CC=C3N(CCC(=O)NC)c4ccc(OC)cc4C3(C)C)c(=O)n2CC)SC1=S. The van der Waals surface area contributed by atoms with E-state index in [-0.39, 0.29) is 17.4 Å². The van der Waals surface area contributed by atoms with E-state index in [0.717, 1.165) is 22.7 Å². The van der Waals surface area contributed by atoms with E-state index in [1.165, 1.54) is 23.1 Å². The van der Waals surface area contributed by atoms with Gasteiger partial charge in [-0.05, 0) is 49.8 Å². The number of thiocarbonyl (C=S) groups is 1. The number of amides is 2. The van der Waals surface area contributed by atoms with Gasteiger partial charge in [0.25, 0.3) is 11.5 Å². The summed E-state index contributed by atoms with van der Waals surface area (Å²) in [6.45, 7) is 9.45. The number of nitrogens with zero attached hydrogens (tertiary/aromatic N) is 3. The maximum atomic E-state index is 13.4. The highest BCUT2D eigenvalue weighted by Crippen LogP contribution is 2.49. The standard InChI is InChI=1S/C27H32N4O4S3/c1-7-29-23(33)19(37-25(29)22-24(34)30(8-2)26(36)38-22)11-12-20-27(3,4)17-15-16(35-6)9-10-18(17)31(20)14-13-21(32)28-5/h9-12,15H,7-8,13-14H2,1-6H3,(H,28,32). The molecule has 0 bridgehead atoms. The van der Waals surface area contributed by atoms with Gasteiger partial charge in [0.05, 0.1) is 11.6 Å². The number of hydrogen-bond acceptors (Lipinski definition) is 8. The fourth-order valence-corrected chi connectivity index (χ4v) is 7.45. The van der Waals surface area contributed by atoms with Crippen LogP contribution in [-0.2, 0) is 21.5 Å². The molecule has 1 N–H and O–H groups in total. The fraction of sp³-hybridized carbons (Fsp3) is 0.407. The lowest BCUT2D eigenvalue weighted by Gasteiger charge is -2.26. The van der Waals surface area contributed by atoms with Gasteiger partial charge in [0.1, 0.15) is 19.6 Å². The van der Waals surface area contributed by atoms with Crippen LogP contribution in [0.25, 0.3) is 11.0 Å². The molecular weight excluding hydrogens is 541 g/mol. The molecule has 4 rings (SSSR count). The van der Waals surface area contributed by atoms with Crippen LogP contribution in [0.4, 0.5) is 5.69 Å². The number of thiazole rings is 1. The Morgan fingerprint density at radius 2 is 1.89 bits per heavy atom. The summed E-state index contributed by atoms with van der Waals surface area (Å²) in [7, 11) is 3.27. The average Bonchev–Trinajstić information content (AvgIpc) is 3.45. The third-order valence-corrected chi connectivity index (χ3v) is 9.63. The number of carbonyl (C=O) groups is 2. The molecule has 3 heterocycles. The third kappa shape index (κ3) is 4.83. The van der Waals surface area contributed by atoms with Gasteiger partial charge in [0, 0.05) is 49.9 Å². The number of thioether (sulfide) groups is 1. The second-order valence-electron chi connectivity index (χ2n) is 9.37. The van der Waals surface area contributed by atoms with Crippen molar-refractivity contribution >= 4 is 68.1 Å². The number of anilines is 1. The smallest absolute Gasteiger partial charge is 0.269 e. The van der Waals surface area contributed by atoms with Crippen LogP contribution in [0.1, 0.15) is 39.7 Å². The number of carbonyl (C=O) groups excluding carboxylic acids is 2. The highest BCUT2D eigenvalue weighted by atomic mass is 32.2. The van der Waals surface area contributed by atoms with Gasteiger partial charge in [-0.15, -0.1) is 11.3 Å². The van der Waals surface area contributed by atoms with Crippen LogP contribution in [0, 0.1) is 0 Å². The van der Waals surface area contributed by atoms with Crippen LogP contribution in [0.15, 0.2) is 34.8 Å². The van der Waals surface area contributed by atoms with E-state index < -0.39 is 5.41 Å². The molecule has 2 aliphatic rings. The highest BCUT2D eigenvalue weighted by molar-refractivity contribution is 8.30. The molecule has 0 unspecified atom stereocenters. The van der Waals surface area contributed by atoms with Crippen molar-refractivity contribution in [2.45, 2.75) is 46.1 Å². The Labute approximate surface area is 235 Å². The second-order valence-corrected chi connectivity index (χ2v) is 12.0. The van der Waals surface area contributed by atoms with Crippen LogP contribution in [0.3, 0.4) is 0 Å². The first-order valence-electron chi connectivity index (χ1n) is 12.5. The summed E-state index contributed by atoms with van der Waals surface area (Å²) in [6, 6.07) is 5.95. The molecule has 1 aromatic carbocycles. The summed E-state index contributed by atoms with van der Waals surface area (Å²) in [5, 5.41) is 2.69. The molecule has 0 saturated carbocycles. The monoisotopic (exact) mass is 572 g/mol. The number of nitrogens with one attached hydrogen (secondary N) is 1. The number of rotatable bonds is 7. The van der Waals surface area contributed by atoms with Crippen molar-refractivity contribution in [2.24, 2.45) is 0 Å². The first-order valence-corrected chi connectivity index (χ1v) is 14.5. The maximum Gasteiger partial charge on any atom is 0.269 e. The lowest BCUT2D eigenvalue weighted by atomic mass is 9.83. The lowest BCUT2D eigenvalue weighted by molar-refractivity contribution is -0.121. The van der Waals surface area contributed by atoms with Crippen LogP contribution < -0.4 is 29.7 Å². The van der Waals surface area contributed by atoms with E-state index in [2.05, 4.69) is 24.1 Å². The first-order chi connectivity index (χ1) is 18.1. The molecule has 11 heteroatoms. The molecule has 2 aliphatic heterocycles. The molecule has 1 saturated heterocycles. The Morgan fingerprint density at radius 1 is 1.16 bits per heavy atom. The van der Waals surface area contributed by atoms with E-state index >= 15 is 0 Å². The topological polar surface area (TPSA) is 83.9 Å². The van der Waals surface area contributed by atoms with Gasteiger partial charge in [-0.1, -0.05) is 37.8 Å². The predicted molar refractivity (Wildman–Crippen MR) is 159 cm³/mol. The number of aromatic nitrogens is 1. The van der Waals surface area contributed by atoms with E-state index in [4.69, 9.17) is 17.0 Å². The van der Waals surface area contributed by atoms with Crippen molar-refractivity contribution in [3.63, 3.8) is 0 Å². The molecule has 1 aromatic heterocycles. The summed E-state index contributed by atoms with van der Waals surface area (Å²) in [5.74, 6) is 0.561. The molecule has 8 nitrogen and oxygen atoms in total. The molecule has 0 atom stereocenters. The maximum absolute atomic E-state index is 13.4. The number of benzene rings is 1. The van der Waals surface area contributed by atoms with E-state index in [1.807, 2.05) is 44.2 Å². The summed E-state index contributed by atoms with van der Waals surface area (Å²) < 4.78 is 8.79. The quantitative estimate of drug-likeness (QED) is 0.511. The Kier molecular flexibility index (Phi) is 8.20.